The van der Waals surface area contributed by atoms with Crippen molar-refractivity contribution >= 4 is 11.4 Å². The van der Waals surface area contributed by atoms with Crippen molar-refractivity contribution in [1.29, 1.82) is 0 Å². The highest BCUT2D eigenvalue weighted by molar-refractivity contribution is 5.57. The molecule has 1 N–H and O–H groups in total. The van der Waals surface area contributed by atoms with Crippen molar-refractivity contribution in [2.45, 2.75) is 18.7 Å². The van der Waals surface area contributed by atoms with E-state index in [2.05, 4.69) is 0 Å². The van der Waals surface area contributed by atoms with Gasteiger partial charge in [0.05, 0.1) is 9.85 Å². The first-order chi connectivity index (χ1) is 8.50. The molecule has 0 heterocycles. The molecule has 0 aromatic heterocycles. The Morgan fingerprint density at radius 1 is 1.11 bits per heavy atom. The number of halogens is 3. The first kappa shape index (κ1) is 14.8. The van der Waals surface area contributed by atoms with Gasteiger partial charge in [-0.3, -0.25) is 20.2 Å². The molecule has 10 heteroatoms. The standard InChI is InChI=1S/C9H7F3N2O5/c1-8(15,9(10,11)12)7-5(13(16)17)3-2-4-6(7)14(18)19/h2-4,15H,1H3. The summed E-state index contributed by atoms with van der Waals surface area (Å²) in [5.74, 6) is 0. The highest BCUT2D eigenvalue weighted by Crippen LogP contribution is 2.46. The molecular formula is C9H7F3N2O5. The zero-order valence-electron chi connectivity index (χ0n) is 9.34. The smallest absolute Gasteiger partial charge is 0.376 e. The molecule has 0 spiro atoms. The first-order valence-corrected chi connectivity index (χ1v) is 4.71. The van der Waals surface area contributed by atoms with E-state index in [4.69, 9.17) is 0 Å². The van der Waals surface area contributed by atoms with Crippen LogP contribution in [0.25, 0.3) is 0 Å². The monoisotopic (exact) mass is 280 g/mol. The quantitative estimate of drug-likeness (QED) is 0.675. The van der Waals surface area contributed by atoms with Crippen LogP contribution in [0.4, 0.5) is 24.5 Å². The maximum atomic E-state index is 12.7. The van der Waals surface area contributed by atoms with Gasteiger partial charge in [0.2, 0.25) is 0 Å². The van der Waals surface area contributed by atoms with E-state index in [-0.39, 0.29) is 6.92 Å². The number of aliphatic hydroxyl groups is 1. The Kier molecular flexibility index (Phi) is 3.48. The number of hydrogen-bond acceptors (Lipinski definition) is 5. The number of benzene rings is 1. The Morgan fingerprint density at radius 3 is 1.74 bits per heavy atom. The Labute approximate surface area is 103 Å². The Hall–Kier alpha value is -2.23. The molecule has 0 bridgehead atoms. The van der Waals surface area contributed by atoms with Gasteiger partial charge in [-0.25, -0.2) is 0 Å². The van der Waals surface area contributed by atoms with Gasteiger partial charge < -0.3 is 5.11 Å². The molecular weight excluding hydrogens is 273 g/mol. The minimum atomic E-state index is -5.30. The van der Waals surface area contributed by atoms with Crippen LogP contribution in [-0.2, 0) is 5.60 Å². The number of alkyl halides is 3. The third kappa shape index (κ3) is 2.47. The molecule has 0 radical (unpaired) electrons. The Morgan fingerprint density at radius 2 is 1.47 bits per heavy atom. The van der Waals surface area contributed by atoms with Crippen molar-refractivity contribution in [2.75, 3.05) is 0 Å². The minimum Gasteiger partial charge on any atom is -0.376 e. The summed E-state index contributed by atoms with van der Waals surface area (Å²) in [6.07, 6.45) is -5.30. The van der Waals surface area contributed by atoms with E-state index in [1.165, 1.54) is 0 Å². The third-order valence-electron chi connectivity index (χ3n) is 2.45. The summed E-state index contributed by atoms with van der Waals surface area (Å²) in [4.78, 5) is 18.9. The molecule has 1 aromatic carbocycles. The summed E-state index contributed by atoms with van der Waals surface area (Å²) in [5, 5.41) is 30.8. The van der Waals surface area contributed by atoms with Crippen LogP contribution in [-0.4, -0.2) is 21.1 Å². The average molecular weight is 280 g/mol. The van der Waals surface area contributed by atoms with Crippen LogP contribution < -0.4 is 0 Å². The molecule has 0 amide bonds. The number of rotatable bonds is 3. The maximum absolute atomic E-state index is 12.7. The van der Waals surface area contributed by atoms with Crippen molar-refractivity contribution in [2.24, 2.45) is 0 Å². The predicted molar refractivity (Wildman–Crippen MR) is 55.4 cm³/mol. The van der Waals surface area contributed by atoms with Crippen molar-refractivity contribution in [3.05, 3.63) is 44.0 Å². The lowest BCUT2D eigenvalue weighted by atomic mass is 9.92. The fourth-order valence-corrected chi connectivity index (χ4v) is 1.47. The molecule has 0 saturated heterocycles. The van der Waals surface area contributed by atoms with E-state index in [0.29, 0.717) is 12.1 Å². The van der Waals surface area contributed by atoms with Gasteiger partial charge >= 0.3 is 6.18 Å². The zero-order valence-corrected chi connectivity index (χ0v) is 9.34. The van der Waals surface area contributed by atoms with E-state index in [1.54, 1.807) is 0 Å². The molecule has 0 saturated carbocycles. The van der Waals surface area contributed by atoms with Crippen LogP contribution in [0, 0.1) is 20.2 Å². The van der Waals surface area contributed by atoms with E-state index in [1.807, 2.05) is 0 Å². The predicted octanol–water partition coefficient (Wildman–Crippen LogP) is 2.27. The normalized spacial score (nSPS) is 14.8. The second-order valence-corrected chi connectivity index (χ2v) is 3.76. The topological polar surface area (TPSA) is 107 Å². The molecule has 104 valence electrons. The molecule has 7 nitrogen and oxygen atoms in total. The second kappa shape index (κ2) is 4.46. The fraction of sp³-hybridized carbons (Fsp3) is 0.333. The Balaban J connectivity index is 3.73. The number of nitro groups is 2. The van der Waals surface area contributed by atoms with Gasteiger partial charge in [-0.1, -0.05) is 0 Å². The van der Waals surface area contributed by atoms with Crippen molar-refractivity contribution in [3.63, 3.8) is 0 Å². The van der Waals surface area contributed by atoms with Gasteiger partial charge in [0.15, 0.2) is 5.60 Å². The third-order valence-corrected chi connectivity index (χ3v) is 2.45. The van der Waals surface area contributed by atoms with Gasteiger partial charge in [-0.05, 0) is 13.0 Å². The van der Waals surface area contributed by atoms with Gasteiger partial charge in [0.1, 0.15) is 5.56 Å². The van der Waals surface area contributed by atoms with Crippen molar-refractivity contribution < 1.29 is 28.1 Å². The summed E-state index contributed by atoms with van der Waals surface area (Å²) < 4.78 is 38.1. The van der Waals surface area contributed by atoms with Crippen LogP contribution in [0.2, 0.25) is 0 Å². The van der Waals surface area contributed by atoms with E-state index in [9.17, 15) is 38.5 Å². The molecule has 1 unspecified atom stereocenters. The second-order valence-electron chi connectivity index (χ2n) is 3.76. The van der Waals surface area contributed by atoms with Crippen LogP contribution >= 0.6 is 0 Å². The van der Waals surface area contributed by atoms with Crippen LogP contribution in [0.15, 0.2) is 18.2 Å². The lowest BCUT2D eigenvalue weighted by molar-refractivity contribution is -0.400. The van der Waals surface area contributed by atoms with E-state index >= 15 is 0 Å². The van der Waals surface area contributed by atoms with Crippen LogP contribution in [0.3, 0.4) is 0 Å². The summed E-state index contributed by atoms with van der Waals surface area (Å²) >= 11 is 0. The molecule has 1 atom stereocenters. The molecule has 1 aromatic rings. The SMILES string of the molecule is CC(O)(c1c([N+](=O)[O-])cccc1[N+](=O)[O-])C(F)(F)F. The molecule has 19 heavy (non-hydrogen) atoms. The summed E-state index contributed by atoms with van der Waals surface area (Å²) in [6.45, 7) is 0.225. The van der Waals surface area contributed by atoms with Gasteiger partial charge in [-0.2, -0.15) is 13.2 Å². The van der Waals surface area contributed by atoms with Crippen molar-refractivity contribution in [3.8, 4) is 0 Å². The number of hydrogen-bond donors (Lipinski definition) is 1. The zero-order chi connectivity index (χ0) is 15.0. The van der Waals surface area contributed by atoms with Crippen LogP contribution in [0.5, 0.6) is 0 Å². The Bertz CT molecular complexity index is 509. The van der Waals surface area contributed by atoms with Gasteiger partial charge in [0, 0.05) is 12.1 Å². The molecule has 0 aliphatic heterocycles. The molecule has 1 rings (SSSR count). The molecule has 0 aliphatic rings. The summed E-state index contributed by atoms with van der Waals surface area (Å²) in [5.41, 5.74) is -7.44. The molecule has 0 fully saturated rings. The lowest BCUT2D eigenvalue weighted by Gasteiger charge is -2.25. The highest BCUT2D eigenvalue weighted by atomic mass is 19.4. The summed E-state index contributed by atoms with van der Waals surface area (Å²) in [6, 6.07) is 2.18. The lowest BCUT2D eigenvalue weighted by Crippen LogP contribution is -2.40. The van der Waals surface area contributed by atoms with Crippen LogP contribution in [0.1, 0.15) is 12.5 Å². The largest absolute Gasteiger partial charge is 0.421 e. The minimum absolute atomic E-state index is 0.225. The average Bonchev–Trinajstić information content (AvgIpc) is 2.26. The van der Waals surface area contributed by atoms with E-state index in [0.717, 1.165) is 6.07 Å². The highest BCUT2D eigenvalue weighted by Gasteiger charge is 2.57. The van der Waals surface area contributed by atoms with Gasteiger partial charge in [-0.15, -0.1) is 0 Å². The fourth-order valence-electron chi connectivity index (χ4n) is 1.47. The first-order valence-electron chi connectivity index (χ1n) is 4.71. The molecule has 0 aliphatic carbocycles. The maximum Gasteiger partial charge on any atom is 0.421 e. The number of nitro benzene ring substituents is 2. The van der Waals surface area contributed by atoms with E-state index < -0.39 is 38.6 Å². The summed E-state index contributed by atoms with van der Waals surface area (Å²) in [7, 11) is 0. The van der Waals surface area contributed by atoms with Gasteiger partial charge in [0.25, 0.3) is 11.4 Å². The number of nitrogens with zero attached hydrogens (tertiary/aromatic N) is 2. The van der Waals surface area contributed by atoms with Crippen molar-refractivity contribution in [1.82, 2.24) is 0 Å².